The van der Waals surface area contributed by atoms with Crippen molar-refractivity contribution in [2.45, 2.75) is 18.9 Å². The summed E-state index contributed by atoms with van der Waals surface area (Å²) in [7, 11) is 1.47. The van der Waals surface area contributed by atoms with Gasteiger partial charge in [-0.2, -0.15) is 0 Å². The normalized spacial score (nSPS) is 26.9. The molecule has 1 aliphatic rings. The minimum atomic E-state index is -0.0139. The number of hydrogen-bond donors (Lipinski definition) is 1. The van der Waals surface area contributed by atoms with Gasteiger partial charge in [0.1, 0.15) is 13.2 Å². The van der Waals surface area contributed by atoms with Crippen LogP contribution in [0.1, 0.15) is 12.8 Å². The minimum absolute atomic E-state index is 0.0139. The van der Waals surface area contributed by atoms with Crippen molar-refractivity contribution in [2.75, 3.05) is 13.7 Å². The molecule has 0 radical (unpaired) electrons. The highest BCUT2D eigenvalue weighted by Crippen LogP contribution is 2.11. The highest BCUT2D eigenvalue weighted by atomic mass is 16.6. The molecular weight excluding hydrogens is 132 g/mol. The number of amidine groups is 1. The lowest BCUT2D eigenvalue weighted by Gasteiger charge is -2.05. The SMILES string of the molecule is CO/N=C(\N)C1CCCO1. The average molecular weight is 144 g/mol. The quantitative estimate of drug-likeness (QED) is 0.339. The van der Waals surface area contributed by atoms with Crippen molar-refractivity contribution in [3.05, 3.63) is 0 Å². The maximum Gasteiger partial charge on any atom is 0.168 e. The van der Waals surface area contributed by atoms with E-state index >= 15 is 0 Å². The third-order valence-electron chi connectivity index (χ3n) is 1.46. The van der Waals surface area contributed by atoms with Gasteiger partial charge in [0.25, 0.3) is 0 Å². The molecule has 4 nitrogen and oxygen atoms in total. The highest BCUT2D eigenvalue weighted by Gasteiger charge is 2.19. The molecule has 1 heterocycles. The topological polar surface area (TPSA) is 56.8 Å². The monoisotopic (exact) mass is 144 g/mol. The summed E-state index contributed by atoms with van der Waals surface area (Å²) in [6.45, 7) is 0.782. The van der Waals surface area contributed by atoms with Crippen LogP contribution in [0.2, 0.25) is 0 Å². The van der Waals surface area contributed by atoms with Gasteiger partial charge in [0.05, 0.1) is 0 Å². The zero-order valence-electron chi connectivity index (χ0n) is 6.04. The number of hydrogen-bond acceptors (Lipinski definition) is 3. The lowest BCUT2D eigenvalue weighted by Crippen LogP contribution is -2.28. The van der Waals surface area contributed by atoms with E-state index in [2.05, 4.69) is 9.99 Å². The third kappa shape index (κ3) is 1.60. The first-order valence-electron chi connectivity index (χ1n) is 3.32. The number of ether oxygens (including phenoxy) is 1. The molecule has 0 amide bonds. The van der Waals surface area contributed by atoms with Crippen LogP contribution in [0, 0.1) is 0 Å². The lowest BCUT2D eigenvalue weighted by atomic mass is 10.2. The van der Waals surface area contributed by atoms with E-state index in [9.17, 15) is 0 Å². The molecule has 1 saturated heterocycles. The van der Waals surface area contributed by atoms with Gasteiger partial charge in [-0.15, -0.1) is 0 Å². The van der Waals surface area contributed by atoms with Gasteiger partial charge in [-0.05, 0) is 12.8 Å². The molecule has 1 atom stereocenters. The predicted molar refractivity (Wildman–Crippen MR) is 37.6 cm³/mol. The molecule has 10 heavy (non-hydrogen) atoms. The van der Waals surface area contributed by atoms with Gasteiger partial charge >= 0.3 is 0 Å². The van der Waals surface area contributed by atoms with E-state index < -0.39 is 0 Å². The summed E-state index contributed by atoms with van der Waals surface area (Å²) in [4.78, 5) is 4.50. The van der Waals surface area contributed by atoms with Gasteiger partial charge in [0, 0.05) is 6.61 Å². The van der Waals surface area contributed by atoms with Crippen molar-refractivity contribution in [2.24, 2.45) is 10.9 Å². The van der Waals surface area contributed by atoms with Gasteiger partial charge in [-0.3, -0.25) is 0 Å². The van der Waals surface area contributed by atoms with E-state index in [4.69, 9.17) is 10.5 Å². The second kappa shape index (κ2) is 3.41. The summed E-state index contributed by atoms with van der Waals surface area (Å²) in [6.07, 6.45) is 2.00. The number of oxime groups is 1. The molecule has 0 bridgehead atoms. The Balaban J connectivity index is 2.39. The van der Waals surface area contributed by atoms with Crippen molar-refractivity contribution in [3.63, 3.8) is 0 Å². The summed E-state index contributed by atoms with van der Waals surface area (Å²) >= 11 is 0. The van der Waals surface area contributed by atoms with E-state index in [1.54, 1.807) is 0 Å². The molecule has 0 spiro atoms. The first-order valence-corrected chi connectivity index (χ1v) is 3.32. The second-order valence-electron chi connectivity index (χ2n) is 2.20. The fraction of sp³-hybridized carbons (Fsp3) is 0.833. The average Bonchev–Trinajstić information content (AvgIpc) is 2.38. The number of rotatable bonds is 2. The van der Waals surface area contributed by atoms with Crippen LogP contribution in [0.5, 0.6) is 0 Å². The van der Waals surface area contributed by atoms with Gasteiger partial charge in [0.15, 0.2) is 5.84 Å². The Labute approximate surface area is 60.0 Å². The molecule has 58 valence electrons. The largest absolute Gasteiger partial charge is 0.398 e. The Morgan fingerprint density at radius 3 is 3.10 bits per heavy atom. The Hall–Kier alpha value is -0.770. The highest BCUT2D eigenvalue weighted by molar-refractivity contribution is 5.84. The van der Waals surface area contributed by atoms with Gasteiger partial charge in [0.2, 0.25) is 0 Å². The lowest BCUT2D eigenvalue weighted by molar-refractivity contribution is 0.148. The van der Waals surface area contributed by atoms with Gasteiger partial charge in [-0.25, -0.2) is 0 Å². The Bertz CT molecular complexity index is 130. The summed E-state index contributed by atoms with van der Waals surface area (Å²) in [6, 6.07) is 0. The van der Waals surface area contributed by atoms with Crippen LogP contribution in [-0.2, 0) is 9.57 Å². The van der Waals surface area contributed by atoms with Crippen LogP contribution < -0.4 is 5.73 Å². The number of nitrogens with two attached hydrogens (primary N) is 1. The van der Waals surface area contributed by atoms with Crippen LogP contribution in [0.25, 0.3) is 0 Å². The fourth-order valence-electron chi connectivity index (χ4n) is 0.975. The van der Waals surface area contributed by atoms with Crippen molar-refractivity contribution in [1.82, 2.24) is 0 Å². The second-order valence-corrected chi connectivity index (χ2v) is 2.20. The van der Waals surface area contributed by atoms with E-state index in [-0.39, 0.29) is 6.10 Å². The molecule has 2 N–H and O–H groups in total. The maximum absolute atomic E-state index is 5.49. The van der Waals surface area contributed by atoms with E-state index in [1.807, 2.05) is 0 Å². The van der Waals surface area contributed by atoms with Gasteiger partial charge < -0.3 is 15.3 Å². The standard InChI is InChI=1S/C6H12N2O2/c1-9-8-6(7)5-3-2-4-10-5/h5H,2-4H2,1H3,(H2,7,8). The Kier molecular flexibility index (Phi) is 2.50. The molecular formula is C6H12N2O2. The molecule has 1 rings (SSSR count). The fourth-order valence-corrected chi connectivity index (χ4v) is 0.975. The molecule has 1 aliphatic heterocycles. The molecule has 1 fully saturated rings. The zero-order chi connectivity index (χ0) is 7.40. The van der Waals surface area contributed by atoms with Crippen LogP contribution in [0.15, 0.2) is 5.16 Å². The molecule has 0 aromatic rings. The molecule has 0 saturated carbocycles. The first kappa shape index (κ1) is 7.34. The van der Waals surface area contributed by atoms with Crippen molar-refractivity contribution in [3.8, 4) is 0 Å². The van der Waals surface area contributed by atoms with Crippen molar-refractivity contribution < 1.29 is 9.57 Å². The van der Waals surface area contributed by atoms with Gasteiger partial charge in [-0.1, -0.05) is 5.16 Å². The van der Waals surface area contributed by atoms with Crippen molar-refractivity contribution in [1.29, 1.82) is 0 Å². The summed E-state index contributed by atoms with van der Waals surface area (Å²) in [5.41, 5.74) is 5.49. The minimum Gasteiger partial charge on any atom is -0.398 e. The summed E-state index contributed by atoms with van der Waals surface area (Å²) in [5.74, 6) is 0.444. The number of nitrogens with zero attached hydrogens (tertiary/aromatic N) is 1. The first-order chi connectivity index (χ1) is 4.84. The van der Waals surface area contributed by atoms with Crippen LogP contribution >= 0.6 is 0 Å². The van der Waals surface area contributed by atoms with E-state index in [1.165, 1.54) is 7.11 Å². The molecule has 0 aliphatic carbocycles. The Morgan fingerprint density at radius 2 is 2.60 bits per heavy atom. The summed E-state index contributed by atoms with van der Waals surface area (Å²) in [5, 5.41) is 3.58. The van der Waals surface area contributed by atoms with Crippen LogP contribution in [-0.4, -0.2) is 25.7 Å². The maximum atomic E-state index is 5.49. The molecule has 0 aromatic carbocycles. The predicted octanol–water partition coefficient (Wildman–Crippen LogP) is 0.0840. The van der Waals surface area contributed by atoms with E-state index in [0.717, 1.165) is 19.4 Å². The molecule has 4 heteroatoms. The Morgan fingerprint density at radius 1 is 1.80 bits per heavy atom. The molecule has 1 unspecified atom stereocenters. The zero-order valence-corrected chi connectivity index (χ0v) is 6.04. The third-order valence-corrected chi connectivity index (χ3v) is 1.46. The summed E-state index contributed by atoms with van der Waals surface area (Å²) < 4.78 is 5.23. The van der Waals surface area contributed by atoms with Crippen molar-refractivity contribution >= 4 is 5.84 Å². The van der Waals surface area contributed by atoms with Crippen LogP contribution in [0.3, 0.4) is 0 Å². The smallest absolute Gasteiger partial charge is 0.168 e. The van der Waals surface area contributed by atoms with Crippen LogP contribution in [0.4, 0.5) is 0 Å². The van der Waals surface area contributed by atoms with E-state index in [0.29, 0.717) is 5.84 Å². The molecule has 0 aromatic heterocycles.